The van der Waals surface area contributed by atoms with Crippen LogP contribution in [0, 0.1) is 11.8 Å². The van der Waals surface area contributed by atoms with Crippen LogP contribution < -0.4 is 10.1 Å². The van der Waals surface area contributed by atoms with Crippen molar-refractivity contribution in [2.75, 3.05) is 0 Å². The Morgan fingerprint density at radius 1 is 1.02 bits per heavy atom. The summed E-state index contributed by atoms with van der Waals surface area (Å²) in [6.45, 7) is 15.1. The lowest BCUT2D eigenvalue weighted by atomic mass is 9.64. The van der Waals surface area contributed by atoms with E-state index in [0.29, 0.717) is 24.3 Å². The number of carbonyl (C=O) groups is 1. The molecular formula is C36H41N3O2. The van der Waals surface area contributed by atoms with E-state index < -0.39 is 0 Å². The molecule has 41 heavy (non-hydrogen) atoms. The van der Waals surface area contributed by atoms with E-state index in [1.54, 1.807) is 0 Å². The van der Waals surface area contributed by atoms with E-state index in [2.05, 4.69) is 56.9 Å². The Hall–Kier alpha value is -3.99. The quantitative estimate of drug-likeness (QED) is 0.260. The Balaban J connectivity index is 0.000000259. The molecule has 1 aliphatic carbocycles. The van der Waals surface area contributed by atoms with Crippen molar-refractivity contribution in [1.82, 2.24) is 15.3 Å². The third-order valence-electron chi connectivity index (χ3n) is 8.52. The maximum absolute atomic E-state index is 10.5. The van der Waals surface area contributed by atoms with E-state index in [-0.39, 0.29) is 11.5 Å². The van der Waals surface area contributed by atoms with Gasteiger partial charge in [-0.25, -0.2) is 9.97 Å². The lowest BCUT2D eigenvalue weighted by Gasteiger charge is -2.49. The summed E-state index contributed by atoms with van der Waals surface area (Å²) < 4.78 is 6.79. The van der Waals surface area contributed by atoms with Crippen molar-refractivity contribution in [3.05, 3.63) is 89.8 Å². The first-order valence-electron chi connectivity index (χ1n) is 14.7. The third kappa shape index (κ3) is 5.76. The van der Waals surface area contributed by atoms with Gasteiger partial charge in [0.05, 0.1) is 22.4 Å². The van der Waals surface area contributed by atoms with Gasteiger partial charge in [-0.3, -0.25) is 4.79 Å². The van der Waals surface area contributed by atoms with Crippen LogP contribution in [0.25, 0.3) is 34.0 Å². The number of nitrogens with one attached hydrogen (secondary N) is 1. The van der Waals surface area contributed by atoms with Gasteiger partial charge >= 0.3 is 0 Å². The lowest BCUT2D eigenvalue weighted by Crippen LogP contribution is -2.46. The molecule has 0 bridgehead atoms. The van der Waals surface area contributed by atoms with Gasteiger partial charge in [0.1, 0.15) is 11.4 Å². The summed E-state index contributed by atoms with van der Waals surface area (Å²) in [5.41, 5.74) is 5.88. The van der Waals surface area contributed by atoms with Gasteiger partial charge in [0.15, 0.2) is 0 Å². The average molecular weight is 548 g/mol. The van der Waals surface area contributed by atoms with E-state index in [1.165, 1.54) is 31.7 Å². The normalized spacial score (nSPS) is 20.9. The Bertz CT molecular complexity index is 1610. The number of allylic oxidation sites excluding steroid dienone is 1. The molecule has 0 saturated heterocycles. The molecule has 6 rings (SSSR count). The molecule has 0 radical (unpaired) electrons. The minimum atomic E-state index is -0.187. The molecule has 5 heteroatoms. The van der Waals surface area contributed by atoms with Crippen LogP contribution in [0.2, 0.25) is 0 Å². The monoisotopic (exact) mass is 547 g/mol. The Kier molecular flexibility index (Phi) is 8.25. The fourth-order valence-electron chi connectivity index (χ4n) is 6.55. The maximum atomic E-state index is 10.5. The van der Waals surface area contributed by atoms with Crippen LogP contribution in [0.5, 0.6) is 5.75 Å². The fraction of sp³-hybridized carbons (Fsp3) is 0.361. The molecule has 212 valence electrons. The standard InChI is InChI=1S/C27H30N2O.C9H11NO/c1-6-10-22-21(7-2)28-25-23-19-15-16(3)13-14-20(19)27(4,5)30-26(23)18-12-9-8-11-17(18)24(25)29-22;1-8(11)10-7-9-5-3-2-4-6-9/h6-12,16,19-20H,2,13-15H2,1,3-5H3;2-6H,7H2,1H3,(H,10,11)/b10-6-;/t16?,19-,20?;/m0./s1. The number of hydrogen-bond acceptors (Lipinski definition) is 4. The molecule has 4 aromatic rings. The van der Waals surface area contributed by atoms with Crippen LogP contribution in [0.3, 0.4) is 0 Å². The summed E-state index contributed by atoms with van der Waals surface area (Å²) in [4.78, 5) is 20.7. The summed E-state index contributed by atoms with van der Waals surface area (Å²) in [5.74, 6) is 2.67. The van der Waals surface area contributed by atoms with Gasteiger partial charge in [-0.15, -0.1) is 0 Å². The van der Waals surface area contributed by atoms with Gasteiger partial charge in [0.25, 0.3) is 0 Å². The smallest absolute Gasteiger partial charge is 0.217 e. The minimum Gasteiger partial charge on any atom is -0.487 e. The molecule has 2 heterocycles. The third-order valence-corrected chi connectivity index (χ3v) is 8.52. The number of hydrogen-bond donors (Lipinski definition) is 1. The van der Waals surface area contributed by atoms with Gasteiger partial charge in [-0.05, 0) is 63.2 Å². The molecule has 1 N–H and O–H groups in total. The van der Waals surface area contributed by atoms with Gasteiger partial charge in [0, 0.05) is 35.7 Å². The first kappa shape index (κ1) is 28.5. The van der Waals surface area contributed by atoms with E-state index >= 15 is 0 Å². The molecule has 1 fully saturated rings. The maximum Gasteiger partial charge on any atom is 0.217 e. The number of carbonyl (C=O) groups excluding carboxylic acids is 1. The number of rotatable bonds is 4. The summed E-state index contributed by atoms with van der Waals surface area (Å²) in [6, 6.07) is 18.3. The predicted molar refractivity (Wildman–Crippen MR) is 170 cm³/mol. The zero-order valence-electron chi connectivity index (χ0n) is 24.9. The highest BCUT2D eigenvalue weighted by Gasteiger charge is 2.47. The summed E-state index contributed by atoms with van der Waals surface area (Å²) in [7, 11) is 0. The molecule has 0 spiro atoms. The van der Waals surface area contributed by atoms with E-state index in [0.717, 1.165) is 44.5 Å². The first-order chi connectivity index (χ1) is 19.7. The van der Waals surface area contributed by atoms with Gasteiger partial charge in [-0.1, -0.05) is 80.6 Å². The lowest BCUT2D eigenvalue weighted by molar-refractivity contribution is -0.119. The van der Waals surface area contributed by atoms with Crippen molar-refractivity contribution >= 4 is 39.9 Å². The highest BCUT2D eigenvalue weighted by molar-refractivity contribution is 6.10. The van der Waals surface area contributed by atoms with Crippen molar-refractivity contribution in [1.29, 1.82) is 0 Å². The van der Waals surface area contributed by atoms with E-state index in [1.807, 2.05) is 55.5 Å². The molecule has 3 aromatic carbocycles. The topological polar surface area (TPSA) is 64.1 Å². The number of nitrogens with zero attached hydrogens (tertiary/aromatic N) is 2. The second-order valence-corrected chi connectivity index (χ2v) is 11.9. The molecule has 2 unspecified atom stereocenters. The van der Waals surface area contributed by atoms with Crippen LogP contribution in [-0.2, 0) is 11.3 Å². The zero-order valence-corrected chi connectivity index (χ0v) is 24.9. The fourth-order valence-corrected chi connectivity index (χ4v) is 6.55. The average Bonchev–Trinajstić information content (AvgIpc) is 2.96. The molecule has 1 amide bonds. The van der Waals surface area contributed by atoms with Crippen molar-refractivity contribution in [2.24, 2.45) is 11.8 Å². The Morgan fingerprint density at radius 3 is 2.39 bits per heavy atom. The molecule has 1 aromatic heterocycles. The second kappa shape index (κ2) is 11.9. The van der Waals surface area contributed by atoms with Crippen LogP contribution in [0.4, 0.5) is 0 Å². The second-order valence-electron chi connectivity index (χ2n) is 11.9. The molecular weight excluding hydrogens is 506 g/mol. The highest BCUT2D eigenvalue weighted by atomic mass is 16.5. The predicted octanol–water partition coefficient (Wildman–Crippen LogP) is 8.47. The van der Waals surface area contributed by atoms with Crippen molar-refractivity contribution < 1.29 is 9.53 Å². The molecule has 3 atom stereocenters. The SMILES string of the molecule is C=Cc1nc2c3c(c4ccccc4c2nc1/C=C\C)OC(C)(C)C1CCC(C)C[C@H]31.CC(=O)NCc1ccccc1. The summed E-state index contributed by atoms with van der Waals surface area (Å²) in [5, 5.41) is 4.98. The molecule has 1 aliphatic heterocycles. The molecule has 2 aliphatic rings. The van der Waals surface area contributed by atoms with Crippen molar-refractivity contribution in [3.8, 4) is 5.75 Å². The zero-order chi connectivity index (χ0) is 29.1. The van der Waals surface area contributed by atoms with Gasteiger partial charge in [0.2, 0.25) is 5.91 Å². The molecule has 1 saturated carbocycles. The van der Waals surface area contributed by atoms with E-state index in [9.17, 15) is 4.79 Å². The van der Waals surface area contributed by atoms with E-state index in [4.69, 9.17) is 14.7 Å². The van der Waals surface area contributed by atoms with Crippen molar-refractivity contribution in [3.63, 3.8) is 0 Å². The summed E-state index contributed by atoms with van der Waals surface area (Å²) >= 11 is 0. The van der Waals surface area contributed by atoms with Gasteiger partial charge in [-0.2, -0.15) is 0 Å². The number of fused-ring (bicyclic) bond motifs is 8. The van der Waals surface area contributed by atoms with Crippen molar-refractivity contribution in [2.45, 2.75) is 71.9 Å². The number of aromatic nitrogens is 2. The van der Waals surface area contributed by atoms with Crippen LogP contribution in [0.1, 0.15) is 82.3 Å². The minimum absolute atomic E-state index is 0.00820. The first-order valence-corrected chi connectivity index (χ1v) is 14.7. The van der Waals surface area contributed by atoms with Crippen LogP contribution >= 0.6 is 0 Å². The largest absolute Gasteiger partial charge is 0.487 e. The Morgan fingerprint density at radius 2 is 1.71 bits per heavy atom. The summed E-state index contributed by atoms with van der Waals surface area (Å²) in [6.07, 6.45) is 9.49. The highest BCUT2D eigenvalue weighted by Crippen LogP contribution is 2.56. The van der Waals surface area contributed by atoms with Crippen LogP contribution in [0.15, 0.2) is 67.3 Å². The Labute approximate surface area is 243 Å². The number of ether oxygens (including phenoxy) is 1. The van der Waals surface area contributed by atoms with Gasteiger partial charge < -0.3 is 10.1 Å². The number of amides is 1. The van der Waals surface area contributed by atoms with Crippen LogP contribution in [-0.4, -0.2) is 21.5 Å². The number of benzene rings is 3. The molecule has 5 nitrogen and oxygen atoms in total.